The van der Waals surface area contributed by atoms with Crippen molar-refractivity contribution in [3.8, 4) is 0 Å². The highest BCUT2D eigenvalue weighted by molar-refractivity contribution is 5.53. The third-order valence-electron chi connectivity index (χ3n) is 3.68. The number of anilines is 2. The molecule has 0 saturated carbocycles. The molecule has 1 aromatic heterocycles. The van der Waals surface area contributed by atoms with Crippen molar-refractivity contribution in [3.63, 3.8) is 0 Å². The molecule has 0 aliphatic carbocycles. The van der Waals surface area contributed by atoms with Crippen molar-refractivity contribution < 1.29 is 0 Å². The number of nitrogens with one attached hydrogen (secondary N) is 1. The van der Waals surface area contributed by atoms with Gasteiger partial charge in [0.1, 0.15) is 5.82 Å². The minimum atomic E-state index is 0.946. The van der Waals surface area contributed by atoms with E-state index in [-0.39, 0.29) is 0 Å². The highest BCUT2D eigenvalue weighted by Crippen LogP contribution is 2.26. The summed E-state index contributed by atoms with van der Waals surface area (Å²) in [6.07, 6.45) is 7.28. The number of hydrogen-bond acceptors (Lipinski definition) is 3. The third kappa shape index (κ3) is 3.11. The largest absolute Gasteiger partial charge is 0.373 e. The van der Waals surface area contributed by atoms with Crippen LogP contribution >= 0.6 is 0 Å². The fourth-order valence-corrected chi connectivity index (χ4v) is 2.64. The lowest BCUT2D eigenvalue weighted by Gasteiger charge is -2.33. The van der Waals surface area contributed by atoms with Gasteiger partial charge >= 0.3 is 0 Å². The molecule has 0 unspecified atom stereocenters. The molecule has 0 radical (unpaired) electrons. The summed E-state index contributed by atoms with van der Waals surface area (Å²) in [4.78, 5) is 6.74. The van der Waals surface area contributed by atoms with Gasteiger partial charge in [-0.2, -0.15) is 0 Å². The maximum atomic E-state index is 4.26. The molecular weight excluding hydrogens is 210 g/mol. The first-order valence-corrected chi connectivity index (χ1v) is 6.72. The predicted octanol–water partition coefficient (Wildman–Crippen LogP) is 3.14. The Hall–Kier alpha value is -1.25. The monoisotopic (exact) mass is 233 g/mol. The van der Waals surface area contributed by atoms with E-state index in [0.717, 1.165) is 11.7 Å². The number of hydrogen-bond donors (Lipinski definition) is 1. The highest BCUT2D eigenvalue weighted by Gasteiger charge is 2.18. The van der Waals surface area contributed by atoms with Gasteiger partial charge in [-0.25, -0.2) is 4.98 Å². The van der Waals surface area contributed by atoms with Gasteiger partial charge in [0, 0.05) is 38.1 Å². The van der Waals surface area contributed by atoms with Gasteiger partial charge < -0.3 is 10.2 Å². The predicted molar refractivity (Wildman–Crippen MR) is 73.6 cm³/mol. The van der Waals surface area contributed by atoms with Gasteiger partial charge in [0.2, 0.25) is 0 Å². The molecule has 0 amide bonds. The Labute approximate surface area is 104 Å². The number of pyridine rings is 1. The van der Waals surface area contributed by atoms with Crippen molar-refractivity contribution in [1.29, 1.82) is 0 Å². The molecule has 0 spiro atoms. The maximum Gasteiger partial charge on any atom is 0.127 e. The van der Waals surface area contributed by atoms with Crippen molar-refractivity contribution in [1.82, 2.24) is 4.98 Å². The summed E-state index contributed by atoms with van der Waals surface area (Å²) in [5, 5.41) is 3.10. The number of piperidine rings is 1. The Kier molecular flexibility index (Phi) is 4.24. The van der Waals surface area contributed by atoms with E-state index in [9.17, 15) is 0 Å². The Bertz CT molecular complexity index is 343. The SMILES string of the molecule is CCCC1CCN(c2ccnc(NC)c2)CC1. The summed E-state index contributed by atoms with van der Waals surface area (Å²) in [5.74, 6) is 1.90. The van der Waals surface area contributed by atoms with Crippen molar-refractivity contribution in [2.75, 3.05) is 30.4 Å². The van der Waals surface area contributed by atoms with Gasteiger partial charge in [-0.15, -0.1) is 0 Å². The fraction of sp³-hybridized carbons (Fsp3) is 0.643. The average molecular weight is 233 g/mol. The van der Waals surface area contributed by atoms with E-state index in [2.05, 4.69) is 34.3 Å². The van der Waals surface area contributed by atoms with E-state index in [1.807, 2.05) is 13.2 Å². The van der Waals surface area contributed by atoms with Gasteiger partial charge in [0.05, 0.1) is 0 Å². The van der Waals surface area contributed by atoms with Gasteiger partial charge in [0.15, 0.2) is 0 Å². The van der Waals surface area contributed by atoms with E-state index in [1.54, 1.807) is 0 Å². The van der Waals surface area contributed by atoms with E-state index in [1.165, 1.54) is 44.5 Å². The molecule has 3 heteroatoms. The molecule has 0 bridgehead atoms. The van der Waals surface area contributed by atoms with E-state index in [4.69, 9.17) is 0 Å². The molecule has 1 aliphatic heterocycles. The molecule has 0 atom stereocenters. The second kappa shape index (κ2) is 5.89. The van der Waals surface area contributed by atoms with Crippen molar-refractivity contribution in [3.05, 3.63) is 18.3 Å². The van der Waals surface area contributed by atoms with Crippen molar-refractivity contribution in [2.24, 2.45) is 5.92 Å². The zero-order valence-electron chi connectivity index (χ0n) is 10.9. The van der Waals surface area contributed by atoms with Crippen LogP contribution in [0.1, 0.15) is 32.6 Å². The molecule has 2 rings (SSSR count). The van der Waals surface area contributed by atoms with Crippen LogP contribution in [0.5, 0.6) is 0 Å². The molecule has 94 valence electrons. The van der Waals surface area contributed by atoms with Crippen molar-refractivity contribution >= 4 is 11.5 Å². The molecule has 1 fully saturated rings. The first kappa shape index (κ1) is 12.2. The molecule has 1 aliphatic rings. The lowest BCUT2D eigenvalue weighted by molar-refractivity contribution is 0.378. The number of rotatable bonds is 4. The van der Waals surface area contributed by atoms with Gasteiger partial charge in [-0.3, -0.25) is 0 Å². The lowest BCUT2D eigenvalue weighted by atomic mass is 9.92. The van der Waals surface area contributed by atoms with Crippen LogP contribution in [-0.4, -0.2) is 25.1 Å². The number of nitrogens with zero attached hydrogens (tertiary/aromatic N) is 2. The molecular formula is C14H23N3. The summed E-state index contributed by atoms with van der Waals surface area (Å²) >= 11 is 0. The third-order valence-corrected chi connectivity index (χ3v) is 3.68. The minimum absolute atomic E-state index is 0.946. The summed E-state index contributed by atoms with van der Waals surface area (Å²) < 4.78 is 0. The Morgan fingerprint density at radius 1 is 1.41 bits per heavy atom. The fourth-order valence-electron chi connectivity index (χ4n) is 2.64. The normalized spacial score (nSPS) is 17.2. The van der Waals surface area contributed by atoms with Crippen LogP contribution in [0.2, 0.25) is 0 Å². The van der Waals surface area contributed by atoms with Crippen LogP contribution in [0.3, 0.4) is 0 Å². The molecule has 2 heterocycles. The average Bonchev–Trinajstić information content (AvgIpc) is 2.40. The van der Waals surface area contributed by atoms with E-state index in [0.29, 0.717) is 0 Å². The summed E-state index contributed by atoms with van der Waals surface area (Å²) in [6, 6.07) is 4.25. The molecule has 0 aromatic carbocycles. The topological polar surface area (TPSA) is 28.2 Å². The Morgan fingerprint density at radius 3 is 2.82 bits per heavy atom. The van der Waals surface area contributed by atoms with Crippen LogP contribution in [0.4, 0.5) is 11.5 Å². The second-order valence-corrected chi connectivity index (χ2v) is 4.87. The van der Waals surface area contributed by atoms with Crippen LogP contribution in [0.15, 0.2) is 18.3 Å². The number of aromatic nitrogens is 1. The van der Waals surface area contributed by atoms with Crippen LogP contribution < -0.4 is 10.2 Å². The Balaban J connectivity index is 1.95. The van der Waals surface area contributed by atoms with E-state index >= 15 is 0 Å². The van der Waals surface area contributed by atoms with Crippen LogP contribution in [-0.2, 0) is 0 Å². The molecule has 1 saturated heterocycles. The first-order valence-electron chi connectivity index (χ1n) is 6.72. The molecule has 17 heavy (non-hydrogen) atoms. The standard InChI is InChI=1S/C14H23N3/c1-3-4-12-6-9-17(10-7-12)13-5-8-16-14(11-13)15-2/h5,8,11-12H,3-4,6-7,9-10H2,1-2H3,(H,15,16). The van der Waals surface area contributed by atoms with E-state index < -0.39 is 0 Å². The van der Waals surface area contributed by atoms with Crippen LogP contribution in [0.25, 0.3) is 0 Å². The van der Waals surface area contributed by atoms with Gasteiger partial charge in [0.25, 0.3) is 0 Å². The summed E-state index contributed by atoms with van der Waals surface area (Å²) in [6.45, 7) is 4.67. The summed E-state index contributed by atoms with van der Waals surface area (Å²) in [7, 11) is 1.92. The smallest absolute Gasteiger partial charge is 0.127 e. The molecule has 1 aromatic rings. The van der Waals surface area contributed by atoms with Crippen molar-refractivity contribution in [2.45, 2.75) is 32.6 Å². The molecule has 1 N–H and O–H groups in total. The molecule has 3 nitrogen and oxygen atoms in total. The first-order chi connectivity index (χ1) is 8.33. The quantitative estimate of drug-likeness (QED) is 0.866. The second-order valence-electron chi connectivity index (χ2n) is 4.87. The minimum Gasteiger partial charge on any atom is -0.373 e. The van der Waals surface area contributed by atoms with Gasteiger partial charge in [-0.1, -0.05) is 19.8 Å². The highest BCUT2D eigenvalue weighted by atomic mass is 15.1. The Morgan fingerprint density at radius 2 is 2.18 bits per heavy atom. The zero-order chi connectivity index (χ0) is 12.1. The maximum absolute atomic E-state index is 4.26. The lowest BCUT2D eigenvalue weighted by Crippen LogP contribution is -2.33. The summed E-state index contributed by atoms with van der Waals surface area (Å²) in [5.41, 5.74) is 1.30. The van der Waals surface area contributed by atoms with Crippen LogP contribution in [0, 0.1) is 5.92 Å². The zero-order valence-corrected chi connectivity index (χ0v) is 10.9. The van der Waals surface area contributed by atoms with Gasteiger partial charge in [-0.05, 0) is 24.8 Å².